The zero-order valence-electron chi connectivity index (χ0n) is 16.3. The molecule has 1 aliphatic carbocycles. The fraction of sp³-hybridized carbons (Fsp3) is 0.500. The van der Waals surface area contributed by atoms with Gasteiger partial charge in [-0.15, -0.1) is 0 Å². The first-order chi connectivity index (χ1) is 13.1. The molecule has 0 bridgehead atoms. The monoisotopic (exact) mass is 376 g/mol. The van der Waals surface area contributed by atoms with Gasteiger partial charge in [-0.2, -0.15) is 9.78 Å². The maximum Gasteiger partial charge on any atom is 0.256 e. The van der Waals surface area contributed by atoms with Gasteiger partial charge < -0.3 is 16.2 Å². The van der Waals surface area contributed by atoms with Gasteiger partial charge in [-0.3, -0.25) is 4.79 Å². The Morgan fingerprint density at radius 1 is 1.30 bits per heavy atom. The molecule has 148 valence electrons. The SMILES string of the molecule is CC.CO.Nc1c2c(nn1C(=O)C1CCNc3ccc(F)cc31)CCCC2. The molecule has 1 aliphatic heterocycles. The van der Waals surface area contributed by atoms with E-state index in [1.165, 1.54) is 16.8 Å². The number of anilines is 2. The number of benzene rings is 1. The van der Waals surface area contributed by atoms with Gasteiger partial charge in [0.1, 0.15) is 11.6 Å². The molecule has 0 spiro atoms. The van der Waals surface area contributed by atoms with Crippen LogP contribution in [-0.4, -0.2) is 34.4 Å². The maximum absolute atomic E-state index is 13.6. The number of fused-ring (bicyclic) bond motifs is 2. The lowest BCUT2D eigenvalue weighted by Crippen LogP contribution is -2.28. The molecule has 2 heterocycles. The van der Waals surface area contributed by atoms with Gasteiger partial charge in [0.25, 0.3) is 5.91 Å². The molecule has 4 rings (SSSR count). The Morgan fingerprint density at radius 2 is 2.00 bits per heavy atom. The highest BCUT2D eigenvalue weighted by Crippen LogP contribution is 2.35. The van der Waals surface area contributed by atoms with Gasteiger partial charge in [-0.05, 0) is 55.9 Å². The average molecular weight is 376 g/mol. The molecule has 0 saturated carbocycles. The van der Waals surface area contributed by atoms with E-state index in [0.29, 0.717) is 24.3 Å². The summed E-state index contributed by atoms with van der Waals surface area (Å²) in [6, 6.07) is 4.52. The van der Waals surface area contributed by atoms with Gasteiger partial charge in [-0.1, -0.05) is 13.8 Å². The van der Waals surface area contributed by atoms with Crippen molar-refractivity contribution in [3.63, 3.8) is 0 Å². The molecule has 7 heteroatoms. The van der Waals surface area contributed by atoms with Crippen LogP contribution in [-0.2, 0) is 12.8 Å². The lowest BCUT2D eigenvalue weighted by molar-refractivity contribution is 0.0859. The molecule has 0 amide bonds. The summed E-state index contributed by atoms with van der Waals surface area (Å²) in [4.78, 5) is 13.0. The number of nitrogens with two attached hydrogens (primary N) is 1. The van der Waals surface area contributed by atoms with Crippen LogP contribution in [0, 0.1) is 5.82 Å². The van der Waals surface area contributed by atoms with Crippen molar-refractivity contribution in [1.29, 1.82) is 0 Å². The van der Waals surface area contributed by atoms with Crippen LogP contribution in [0.3, 0.4) is 0 Å². The lowest BCUT2D eigenvalue weighted by Gasteiger charge is -2.25. The van der Waals surface area contributed by atoms with E-state index in [9.17, 15) is 9.18 Å². The largest absolute Gasteiger partial charge is 0.400 e. The Labute approximate surface area is 159 Å². The smallest absolute Gasteiger partial charge is 0.256 e. The van der Waals surface area contributed by atoms with Crippen molar-refractivity contribution in [2.45, 2.75) is 51.9 Å². The standard InChI is InChI=1S/C17H19FN4O.C2H6.CH4O/c18-10-5-6-14-13(9-10)11(7-8-20-14)17(23)22-16(19)12-3-1-2-4-15(12)21-22;2*1-2/h5-6,9,11,20H,1-4,7-8,19H2;1-2H3;2H,1H3. The molecule has 0 radical (unpaired) electrons. The number of carbonyl (C=O) groups is 1. The molecule has 4 N–H and O–H groups in total. The summed E-state index contributed by atoms with van der Waals surface area (Å²) in [5.74, 6) is -0.449. The minimum absolute atomic E-state index is 0.162. The minimum atomic E-state index is -0.411. The number of hydrogen-bond acceptors (Lipinski definition) is 5. The van der Waals surface area contributed by atoms with Gasteiger partial charge in [0.05, 0.1) is 11.6 Å². The number of aliphatic hydroxyl groups is 1. The van der Waals surface area contributed by atoms with E-state index in [2.05, 4.69) is 10.4 Å². The third kappa shape index (κ3) is 4.13. The van der Waals surface area contributed by atoms with Gasteiger partial charge >= 0.3 is 0 Å². The van der Waals surface area contributed by atoms with Crippen LogP contribution in [0.1, 0.15) is 60.6 Å². The van der Waals surface area contributed by atoms with Crippen molar-refractivity contribution >= 4 is 17.4 Å². The van der Waals surface area contributed by atoms with E-state index < -0.39 is 5.92 Å². The summed E-state index contributed by atoms with van der Waals surface area (Å²) in [5, 5.41) is 14.7. The second-order valence-corrected chi connectivity index (χ2v) is 6.27. The van der Waals surface area contributed by atoms with E-state index in [0.717, 1.165) is 49.7 Å². The quantitative estimate of drug-likeness (QED) is 0.710. The highest BCUT2D eigenvalue weighted by molar-refractivity contribution is 5.90. The van der Waals surface area contributed by atoms with Gasteiger partial charge in [0.15, 0.2) is 0 Å². The summed E-state index contributed by atoms with van der Waals surface area (Å²) in [6.07, 6.45) is 4.53. The summed E-state index contributed by atoms with van der Waals surface area (Å²) in [5.41, 5.74) is 9.62. The van der Waals surface area contributed by atoms with E-state index in [1.54, 1.807) is 6.07 Å². The summed E-state index contributed by atoms with van der Waals surface area (Å²) in [6.45, 7) is 4.68. The molecule has 2 aliphatic rings. The number of aromatic nitrogens is 2. The number of halogens is 1. The van der Waals surface area contributed by atoms with Gasteiger partial charge in [0.2, 0.25) is 0 Å². The molecule has 27 heavy (non-hydrogen) atoms. The number of nitrogen functional groups attached to an aromatic ring is 1. The van der Waals surface area contributed by atoms with Crippen molar-refractivity contribution in [3.05, 3.63) is 40.8 Å². The van der Waals surface area contributed by atoms with Crippen molar-refractivity contribution in [2.24, 2.45) is 0 Å². The summed E-state index contributed by atoms with van der Waals surface area (Å²) < 4.78 is 15.0. The third-order valence-electron chi connectivity index (χ3n) is 4.84. The van der Waals surface area contributed by atoms with Gasteiger partial charge in [0, 0.05) is 24.9 Å². The molecule has 1 atom stereocenters. The highest BCUT2D eigenvalue weighted by Gasteiger charge is 2.31. The van der Waals surface area contributed by atoms with Crippen LogP contribution < -0.4 is 11.1 Å². The Kier molecular flexibility index (Phi) is 7.36. The van der Waals surface area contributed by atoms with E-state index in [4.69, 9.17) is 10.8 Å². The fourth-order valence-corrected chi connectivity index (χ4v) is 3.64. The molecular formula is C20H29FN4O2. The number of aliphatic hydroxyl groups excluding tert-OH is 1. The molecular weight excluding hydrogens is 347 g/mol. The highest BCUT2D eigenvalue weighted by atomic mass is 19.1. The number of hydrogen-bond donors (Lipinski definition) is 3. The second-order valence-electron chi connectivity index (χ2n) is 6.27. The molecule has 2 aromatic rings. The Morgan fingerprint density at radius 3 is 2.70 bits per heavy atom. The molecule has 0 fully saturated rings. The van der Waals surface area contributed by atoms with Crippen LogP contribution in [0.25, 0.3) is 0 Å². The minimum Gasteiger partial charge on any atom is -0.400 e. The molecule has 1 unspecified atom stereocenters. The molecule has 1 aromatic heterocycles. The number of rotatable bonds is 1. The molecule has 6 nitrogen and oxygen atoms in total. The first kappa shape index (κ1) is 20.9. The van der Waals surface area contributed by atoms with E-state index >= 15 is 0 Å². The van der Waals surface area contributed by atoms with Crippen LogP contribution in [0.2, 0.25) is 0 Å². The van der Waals surface area contributed by atoms with Crippen LogP contribution in [0.15, 0.2) is 18.2 Å². The Bertz CT molecular complexity index is 789. The lowest BCUT2D eigenvalue weighted by atomic mass is 9.90. The number of aryl methyl sites for hydroxylation is 1. The van der Waals surface area contributed by atoms with Crippen molar-refractivity contribution in [2.75, 3.05) is 24.7 Å². The van der Waals surface area contributed by atoms with E-state index in [1.807, 2.05) is 13.8 Å². The fourth-order valence-electron chi connectivity index (χ4n) is 3.64. The third-order valence-corrected chi connectivity index (χ3v) is 4.84. The van der Waals surface area contributed by atoms with Crippen molar-refractivity contribution in [3.8, 4) is 0 Å². The average Bonchev–Trinajstić information content (AvgIpc) is 3.07. The predicted octanol–water partition coefficient (Wildman–Crippen LogP) is 3.36. The normalized spacial score (nSPS) is 17.1. The van der Waals surface area contributed by atoms with Crippen molar-refractivity contribution in [1.82, 2.24) is 9.78 Å². The summed E-state index contributed by atoms with van der Waals surface area (Å²) >= 11 is 0. The maximum atomic E-state index is 13.6. The number of nitrogens with one attached hydrogen (secondary N) is 1. The Balaban J connectivity index is 0.000000614. The van der Waals surface area contributed by atoms with Crippen LogP contribution in [0.4, 0.5) is 15.9 Å². The zero-order chi connectivity index (χ0) is 20.0. The number of carbonyl (C=O) groups excluding carboxylic acids is 1. The van der Waals surface area contributed by atoms with Crippen LogP contribution in [0.5, 0.6) is 0 Å². The van der Waals surface area contributed by atoms with Crippen LogP contribution >= 0.6 is 0 Å². The van der Waals surface area contributed by atoms with Gasteiger partial charge in [-0.25, -0.2) is 4.39 Å². The molecule has 1 aromatic carbocycles. The van der Waals surface area contributed by atoms with Crippen molar-refractivity contribution < 1.29 is 14.3 Å². The summed E-state index contributed by atoms with van der Waals surface area (Å²) in [7, 11) is 1.00. The Hall–Kier alpha value is -2.41. The zero-order valence-corrected chi connectivity index (χ0v) is 16.3. The topological polar surface area (TPSA) is 93.2 Å². The second kappa shape index (κ2) is 9.50. The first-order valence-electron chi connectivity index (χ1n) is 9.53. The predicted molar refractivity (Wildman–Crippen MR) is 106 cm³/mol. The first-order valence-corrected chi connectivity index (χ1v) is 9.53. The molecule has 0 saturated heterocycles. The number of nitrogens with zero attached hydrogens (tertiary/aromatic N) is 2. The van der Waals surface area contributed by atoms with E-state index in [-0.39, 0.29) is 11.7 Å².